The molecule has 2 aromatic rings. The molecule has 0 saturated carbocycles. The number of carbonyl (C=O) groups is 3. The molecule has 0 spiro atoms. The van der Waals surface area contributed by atoms with Crippen molar-refractivity contribution >= 4 is 64.0 Å². The molecule has 1 fully saturated rings. The van der Waals surface area contributed by atoms with Crippen molar-refractivity contribution in [3.05, 3.63) is 57.0 Å². The number of nitrogens with one attached hydrogen (secondary N) is 1. The van der Waals surface area contributed by atoms with Crippen molar-refractivity contribution in [2.24, 2.45) is 5.92 Å². The number of aryl methyl sites for hydroxylation is 1. The lowest BCUT2D eigenvalue weighted by Gasteiger charge is -2.18. The van der Waals surface area contributed by atoms with Crippen LogP contribution in [-0.4, -0.2) is 30.9 Å². The second kappa shape index (κ2) is 9.03. The first-order valence-corrected chi connectivity index (χ1v) is 9.86. The predicted molar refractivity (Wildman–Crippen MR) is 113 cm³/mol. The molecule has 1 N–H and O–H groups in total. The fourth-order valence-corrected chi connectivity index (χ4v) is 3.48. The number of rotatable bonds is 5. The molecule has 6 nitrogen and oxygen atoms in total. The topological polar surface area (TPSA) is 75.7 Å². The number of nitrogens with zero attached hydrogens (tertiary/aromatic N) is 1. The van der Waals surface area contributed by atoms with E-state index in [9.17, 15) is 14.4 Å². The lowest BCUT2D eigenvalue weighted by atomic mass is 10.1. The van der Waals surface area contributed by atoms with Gasteiger partial charge in [0.25, 0.3) is 5.91 Å². The third kappa shape index (κ3) is 5.21. The van der Waals surface area contributed by atoms with Gasteiger partial charge in [0.15, 0.2) is 6.61 Å². The number of esters is 1. The molecular weight excluding hydrogens is 439 g/mol. The summed E-state index contributed by atoms with van der Waals surface area (Å²) in [4.78, 5) is 38.0. The van der Waals surface area contributed by atoms with Gasteiger partial charge in [-0.25, -0.2) is 0 Å². The molecule has 0 aliphatic carbocycles. The van der Waals surface area contributed by atoms with Gasteiger partial charge in [-0.05, 0) is 42.8 Å². The van der Waals surface area contributed by atoms with Crippen molar-refractivity contribution < 1.29 is 19.1 Å². The highest BCUT2D eigenvalue weighted by Crippen LogP contribution is 2.33. The lowest BCUT2D eigenvalue weighted by Crippen LogP contribution is -2.28. The number of halogens is 3. The first-order chi connectivity index (χ1) is 13.7. The van der Waals surface area contributed by atoms with Crippen molar-refractivity contribution in [2.45, 2.75) is 13.3 Å². The highest BCUT2D eigenvalue weighted by atomic mass is 35.5. The summed E-state index contributed by atoms with van der Waals surface area (Å²) in [5, 5.41) is 3.90. The number of benzene rings is 2. The Balaban J connectivity index is 1.56. The molecule has 0 bridgehead atoms. The summed E-state index contributed by atoms with van der Waals surface area (Å²) in [6.45, 7) is 1.48. The van der Waals surface area contributed by atoms with E-state index in [0.29, 0.717) is 26.4 Å². The molecule has 1 saturated heterocycles. The van der Waals surface area contributed by atoms with Crippen LogP contribution in [0.5, 0.6) is 0 Å². The average molecular weight is 456 g/mol. The van der Waals surface area contributed by atoms with E-state index in [1.807, 2.05) is 6.92 Å². The maximum atomic E-state index is 12.3. The summed E-state index contributed by atoms with van der Waals surface area (Å²) in [6.07, 6.45) is -0.0309. The van der Waals surface area contributed by atoms with E-state index >= 15 is 0 Å². The van der Waals surface area contributed by atoms with E-state index in [1.54, 1.807) is 36.4 Å². The number of carbonyl (C=O) groups excluding carboxylic acids is 3. The average Bonchev–Trinajstić information content (AvgIpc) is 3.06. The largest absolute Gasteiger partial charge is 0.455 e. The summed E-state index contributed by atoms with van der Waals surface area (Å²) in [5.74, 6) is -2.09. The number of amides is 2. The second-order valence-corrected chi connectivity index (χ2v) is 7.87. The zero-order valence-electron chi connectivity index (χ0n) is 15.4. The molecule has 0 unspecified atom stereocenters. The normalized spacial score (nSPS) is 16.1. The molecule has 0 aromatic heterocycles. The number of hydrogen-bond donors (Lipinski definition) is 1. The molecule has 29 heavy (non-hydrogen) atoms. The molecule has 152 valence electrons. The molecule has 9 heteroatoms. The van der Waals surface area contributed by atoms with Crippen molar-refractivity contribution in [3.63, 3.8) is 0 Å². The minimum atomic E-state index is -0.695. The van der Waals surface area contributed by atoms with E-state index in [4.69, 9.17) is 39.5 Å². The minimum Gasteiger partial charge on any atom is -0.455 e. The quantitative estimate of drug-likeness (QED) is 0.674. The molecule has 2 aromatic carbocycles. The van der Waals surface area contributed by atoms with Crippen LogP contribution >= 0.6 is 34.8 Å². The van der Waals surface area contributed by atoms with Gasteiger partial charge in [-0.2, -0.15) is 0 Å². The zero-order valence-corrected chi connectivity index (χ0v) is 17.6. The minimum absolute atomic E-state index is 0.0309. The Morgan fingerprint density at radius 2 is 1.90 bits per heavy atom. The predicted octanol–water partition coefficient (Wildman–Crippen LogP) is 4.49. The first kappa shape index (κ1) is 21.4. The van der Waals surface area contributed by atoms with Gasteiger partial charge in [-0.15, -0.1) is 0 Å². The standard InChI is InChI=1S/C20H17Cl3N2O4/c1-11-2-4-14(8-16(11)23)24-18(26)10-29-20(28)12-6-19(27)25(9-12)17-7-13(21)3-5-15(17)22/h2-5,7-8,12H,6,9-10H2,1H3,(H,24,26)/t12-/m1/s1. The summed E-state index contributed by atoms with van der Waals surface area (Å²) in [7, 11) is 0. The van der Waals surface area contributed by atoms with E-state index in [2.05, 4.69) is 5.32 Å². The SMILES string of the molecule is Cc1ccc(NC(=O)COC(=O)[C@@H]2CC(=O)N(c3cc(Cl)ccc3Cl)C2)cc1Cl. The molecule has 2 amide bonds. The Morgan fingerprint density at radius 3 is 2.62 bits per heavy atom. The van der Waals surface area contributed by atoms with Crippen LogP contribution < -0.4 is 10.2 Å². The lowest BCUT2D eigenvalue weighted by molar-refractivity contribution is -0.151. The van der Waals surface area contributed by atoms with Gasteiger partial charge in [0, 0.05) is 28.7 Å². The number of hydrogen-bond acceptors (Lipinski definition) is 4. The molecular formula is C20H17Cl3N2O4. The van der Waals surface area contributed by atoms with Crippen molar-refractivity contribution in [3.8, 4) is 0 Å². The Kier molecular flexibility index (Phi) is 6.67. The van der Waals surface area contributed by atoms with Crippen molar-refractivity contribution in [2.75, 3.05) is 23.4 Å². The molecule has 1 aliphatic heterocycles. The third-order valence-electron chi connectivity index (χ3n) is 4.46. The van der Waals surface area contributed by atoms with E-state index in [-0.39, 0.29) is 18.9 Å². The molecule has 1 heterocycles. The summed E-state index contributed by atoms with van der Waals surface area (Å²) in [5.41, 5.74) is 1.82. The van der Waals surface area contributed by atoms with Crippen LogP contribution in [0.25, 0.3) is 0 Å². The molecule has 1 atom stereocenters. The molecule has 0 radical (unpaired) electrons. The molecule has 3 rings (SSSR count). The second-order valence-electron chi connectivity index (χ2n) is 6.62. The third-order valence-corrected chi connectivity index (χ3v) is 5.42. The number of anilines is 2. The fraction of sp³-hybridized carbons (Fsp3) is 0.250. The van der Waals surface area contributed by atoms with Gasteiger partial charge in [0.05, 0.1) is 16.6 Å². The maximum Gasteiger partial charge on any atom is 0.311 e. The highest BCUT2D eigenvalue weighted by molar-refractivity contribution is 6.36. The Labute approximate surface area is 182 Å². The maximum absolute atomic E-state index is 12.3. The fourth-order valence-electron chi connectivity index (χ4n) is 2.91. The van der Waals surface area contributed by atoms with Gasteiger partial charge in [0.2, 0.25) is 5.91 Å². The van der Waals surface area contributed by atoms with Crippen LogP contribution in [-0.2, 0) is 19.1 Å². The van der Waals surface area contributed by atoms with Gasteiger partial charge >= 0.3 is 5.97 Å². The highest BCUT2D eigenvalue weighted by Gasteiger charge is 2.37. The van der Waals surface area contributed by atoms with Crippen LogP contribution in [0.4, 0.5) is 11.4 Å². The van der Waals surface area contributed by atoms with E-state index in [1.165, 1.54) is 4.90 Å². The summed E-state index contributed by atoms with van der Waals surface area (Å²) in [6, 6.07) is 9.83. The number of ether oxygens (including phenoxy) is 1. The smallest absolute Gasteiger partial charge is 0.311 e. The van der Waals surface area contributed by atoms with Crippen molar-refractivity contribution in [1.82, 2.24) is 0 Å². The van der Waals surface area contributed by atoms with Gasteiger partial charge in [-0.1, -0.05) is 40.9 Å². The van der Waals surface area contributed by atoms with Gasteiger partial charge in [0.1, 0.15) is 0 Å². The Hall–Kier alpha value is -2.28. The van der Waals surface area contributed by atoms with Gasteiger partial charge < -0.3 is 15.0 Å². The van der Waals surface area contributed by atoms with Crippen LogP contribution in [0.1, 0.15) is 12.0 Å². The van der Waals surface area contributed by atoms with Gasteiger partial charge in [-0.3, -0.25) is 14.4 Å². The van der Waals surface area contributed by atoms with E-state index < -0.39 is 24.4 Å². The summed E-state index contributed by atoms with van der Waals surface area (Å²) >= 11 is 18.1. The van der Waals surface area contributed by atoms with E-state index in [0.717, 1.165) is 5.56 Å². The first-order valence-electron chi connectivity index (χ1n) is 8.72. The van der Waals surface area contributed by atoms with Crippen LogP contribution in [0, 0.1) is 12.8 Å². The van der Waals surface area contributed by atoms with Crippen LogP contribution in [0.3, 0.4) is 0 Å². The Bertz CT molecular complexity index is 980. The van der Waals surface area contributed by atoms with Crippen molar-refractivity contribution in [1.29, 1.82) is 0 Å². The Morgan fingerprint density at radius 1 is 1.14 bits per heavy atom. The monoisotopic (exact) mass is 454 g/mol. The van der Waals surface area contributed by atoms with Crippen LogP contribution in [0.2, 0.25) is 15.1 Å². The van der Waals surface area contributed by atoms with Crippen LogP contribution in [0.15, 0.2) is 36.4 Å². The zero-order chi connectivity index (χ0) is 21.1. The molecule has 1 aliphatic rings. The summed E-state index contributed by atoms with van der Waals surface area (Å²) < 4.78 is 5.08.